The Labute approximate surface area is 136 Å². The van der Waals surface area contributed by atoms with Crippen molar-refractivity contribution < 1.29 is 9.53 Å². The lowest BCUT2D eigenvalue weighted by molar-refractivity contribution is -0.132. The van der Waals surface area contributed by atoms with E-state index in [1.807, 2.05) is 23.1 Å². The molecule has 5 nitrogen and oxygen atoms in total. The Kier molecular flexibility index (Phi) is 5.19. The molecule has 0 radical (unpaired) electrons. The second kappa shape index (κ2) is 7.72. The number of carbonyl (C=O) groups is 1. The Morgan fingerprint density at radius 3 is 2.65 bits per heavy atom. The van der Waals surface area contributed by atoms with Crippen LogP contribution in [-0.2, 0) is 11.2 Å². The highest BCUT2D eigenvalue weighted by Crippen LogP contribution is 2.17. The Balaban J connectivity index is 1.42. The predicted octanol–water partition coefficient (Wildman–Crippen LogP) is 2.48. The van der Waals surface area contributed by atoms with Crippen molar-refractivity contribution in [2.24, 2.45) is 0 Å². The van der Waals surface area contributed by atoms with E-state index in [-0.39, 0.29) is 12.0 Å². The van der Waals surface area contributed by atoms with E-state index >= 15 is 0 Å². The second-order valence-electron chi connectivity index (χ2n) is 5.73. The average Bonchev–Trinajstić information content (AvgIpc) is 2.62. The van der Waals surface area contributed by atoms with E-state index in [9.17, 15) is 4.79 Å². The lowest BCUT2D eigenvalue weighted by Crippen LogP contribution is -2.41. The standard InChI is InChI=1S/C18H21N3O2/c22-18(7-6-15-4-2-1-3-5-15)21-12-9-16(10-13-21)23-17-8-11-19-14-20-17/h1-5,8,11,14,16H,6-7,9-10,12-13H2. The largest absolute Gasteiger partial charge is 0.474 e. The van der Waals surface area contributed by atoms with Crippen LogP contribution in [0.2, 0.25) is 0 Å². The number of hydrogen-bond donors (Lipinski definition) is 0. The van der Waals surface area contributed by atoms with Crippen LogP contribution in [0.25, 0.3) is 0 Å². The van der Waals surface area contributed by atoms with Gasteiger partial charge in [0.25, 0.3) is 0 Å². The fourth-order valence-electron chi connectivity index (χ4n) is 2.80. The third-order valence-electron chi connectivity index (χ3n) is 4.11. The van der Waals surface area contributed by atoms with Crippen molar-refractivity contribution >= 4 is 5.91 Å². The van der Waals surface area contributed by atoms with Crippen LogP contribution in [0, 0.1) is 0 Å². The van der Waals surface area contributed by atoms with Crippen LogP contribution in [0.15, 0.2) is 48.9 Å². The van der Waals surface area contributed by atoms with Gasteiger partial charge in [-0.2, -0.15) is 0 Å². The van der Waals surface area contributed by atoms with Crippen molar-refractivity contribution in [2.45, 2.75) is 31.8 Å². The van der Waals surface area contributed by atoms with Gasteiger partial charge in [-0.15, -0.1) is 0 Å². The monoisotopic (exact) mass is 311 g/mol. The van der Waals surface area contributed by atoms with Crippen molar-refractivity contribution in [3.8, 4) is 5.88 Å². The first kappa shape index (κ1) is 15.5. The topological polar surface area (TPSA) is 55.3 Å². The van der Waals surface area contributed by atoms with Crippen molar-refractivity contribution in [1.29, 1.82) is 0 Å². The molecular weight excluding hydrogens is 290 g/mol. The van der Waals surface area contributed by atoms with Gasteiger partial charge in [0.05, 0.1) is 0 Å². The quantitative estimate of drug-likeness (QED) is 0.851. The Morgan fingerprint density at radius 2 is 1.96 bits per heavy atom. The average molecular weight is 311 g/mol. The van der Waals surface area contributed by atoms with E-state index in [4.69, 9.17) is 4.74 Å². The molecule has 1 fully saturated rings. The lowest BCUT2D eigenvalue weighted by Gasteiger charge is -2.32. The van der Waals surface area contributed by atoms with Gasteiger partial charge in [0.1, 0.15) is 12.4 Å². The molecule has 0 unspecified atom stereocenters. The molecular formula is C18H21N3O2. The van der Waals surface area contributed by atoms with E-state index in [2.05, 4.69) is 22.1 Å². The lowest BCUT2D eigenvalue weighted by atomic mass is 10.1. The van der Waals surface area contributed by atoms with Gasteiger partial charge in [-0.05, 0) is 12.0 Å². The molecule has 3 rings (SSSR count). The molecule has 120 valence electrons. The summed E-state index contributed by atoms with van der Waals surface area (Å²) in [6.07, 6.45) is 6.35. The van der Waals surface area contributed by atoms with Crippen LogP contribution < -0.4 is 4.74 Å². The molecule has 0 atom stereocenters. The number of aromatic nitrogens is 2. The van der Waals surface area contributed by atoms with Crippen molar-refractivity contribution in [2.75, 3.05) is 13.1 Å². The van der Waals surface area contributed by atoms with Crippen LogP contribution >= 0.6 is 0 Å². The summed E-state index contributed by atoms with van der Waals surface area (Å²) in [5, 5.41) is 0. The van der Waals surface area contributed by atoms with Gasteiger partial charge in [0.2, 0.25) is 11.8 Å². The van der Waals surface area contributed by atoms with Gasteiger partial charge in [0, 0.05) is 44.6 Å². The maximum atomic E-state index is 12.3. The van der Waals surface area contributed by atoms with Crippen molar-refractivity contribution in [1.82, 2.24) is 14.9 Å². The zero-order valence-corrected chi connectivity index (χ0v) is 13.1. The molecule has 5 heteroatoms. The summed E-state index contributed by atoms with van der Waals surface area (Å²) in [7, 11) is 0. The van der Waals surface area contributed by atoms with Crippen LogP contribution in [0.1, 0.15) is 24.8 Å². The molecule has 1 aromatic carbocycles. The molecule has 0 saturated carbocycles. The molecule has 1 saturated heterocycles. The van der Waals surface area contributed by atoms with Gasteiger partial charge >= 0.3 is 0 Å². The summed E-state index contributed by atoms with van der Waals surface area (Å²) in [5.41, 5.74) is 1.21. The number of piperidine rings is 1. The Hall–Kier alpha value is -2.43. The number of rotatable bonds is 5. The SMILES string of the molecule is O=C(CCc1ccccc1)N1CCC(Oc2ccncn2)CC1. The molecule has 0 N–H and O–H groups in total. The second-order valence-corrected chi connectivity index (χ2v) is 5.73. The molecule has 0 aliphatic carbocycles. The third-order valence-corrected chi connectivity index (χ3v) is 4.11. The van der Waals surface area contributed by atoms with E-state index < -0.39 is 0 Å². The number of carbonyl (C=O) groups excluding carboxylic acids is 1. The van der Waals surface area contributed by atoms with Gasteiger partial charge in [0.15, 0.2) is 0 Å². The minimum absolute atomic E-state index is 0.128. The zero-order chi connectivity index (χ0) is 15.9. The number of aryl methyl sites for hydroxylation is 1. The number of hydrogen-bond acceptors (Lipinski definition) is 4. The highest BCUT2D eigenvalue weighted by molar-refractivity contribution is 5.76. The highest BCUT2D eigenvalue weighted by atomic mass is 16.5. The molecule has 1 aliphatic rings. The van der Waals surface area contributed by atoms with E-state index in [0.29, 0.717) is 12.3 Å². The molecule has 0 spiro atoms. The number of nitrogens with zero attached hydrogens (tertiary/aromatic N) is 3. The van der Waals surface area contributed by atoms with Gasteiger partial charge in [-0.25, -0.2) is 9.97 Å². The van der Waals surface area contributed by atoms with Crippen LogP contribution in [0.3, 0.4) is 0 Å². The summed E-state index contributed by atoms with van der Waals surface area (Å²) in [6.45, 7) is 1.51. The number of ether oxygens (including phenoxy) is 1. The summed E-state index contributed by atoms with van der Waals surface area (Å²) in [5.74, 6) is 0.836. The van der Waals surface area contributed by atoms with Gasteiger partial charge in [-0.1, -0.05) is 30.3 Å². The smallest absolute Gasteiger partial charge is 0.222 e. The first-order valence-corrected chi connectivity index (χ1v) is 8.05. The summed E-state index contributed by atoms with van der Waals surface area (Å²) >= 11 is 0. The molecule has 1 aliphatic heterocycles. The van der Waals surface area contributed by atoms with Gasteiger partial charge in [-0.3, -0.25) is 4.79 Å². The van der Waals surface area contributed by atoms with E-state index in [1.54, 1.807) is 12.3 Å². The molecule has 1 aromatic heterocycles. The van der Waals surface area contributed by atoms with Crippen LogP contribution in [-0.4, -0.2) is 40.0 Å². The van der Waals surface area contributed by atoms with Crippen molar-refractivity contribution in [3.05, 3.63) is 54.5 Å². The van der Waals surface area contributed by atoms with E-state index in [0.717, 1.165) is 32.4 Å². The molecule has 23 heavy (non-hydrogen) atoms. The number of likely N-dealkylation sites (tertiary alicyclic amines) is 1. The summed E-state index contributed by atoms with van der Waals surface area (Å²) < 4.78 is 5.82. The first-order valence-electron chi connectivity index (χ1n) is 8.05. The molecule has 1 amide bonds. The predicted molar refractivity (Wildman–Crippen MR) is 87.0 cm³/mol. The first-order chi connectivity index (χ1) is 11.3. The maximum Gasteiger partial charge on any atom is 0.222 e. The van der Waals surface area contributed by atoms with Crippen molar-refractivity contribution in [3.63, 3.8) is 0 Å². The fourth-order valence-corrected chi connectivity index (χ4v) is 2.80. The maximum absolute atomic E-state index is 12.3. The van der Waals surface area contributed by atoms with Crippen LogP contribution in [0.4, 0.5) is 0 Å². The number of benzene rings is 1. The fraction of sp³-hybridized carbons (Fsp3) is 0.389. The normalized spacial score (nSPS) is 15.4. The zero-order valence-electron chi connectivity index (χ0n) is 13.1. The minimum Gasteiger partial charge on any atom is -0.474 e. The summed E-state index contributed by atoms with van der Waals surface area (Å²) in [6, 6.07) is 11.9. The summed E-state index contributed by atoms with van der Waals surface area (Å²) in [4.78, 5) is 22.2. The minimum atomic E-state index is 0.128. The van der Waals surface area contributed by atoms with E-state index in [1.165, 1.54) is 11.9 Å². The van der Waals surface area contributed by atoms with Gasteiger partial charge < -0.3 is 9.64 Å². The highest BCUT2D eigenvalue weighted by Gasteiger charge is 2.23. The molecule has 2 heterocycles. The Morgan fingerprint density at radius 1 is 1.17 bits per heavy atom. The molecule has 0 bridgehead atoms. The third kappa shape index (κ3) is 4.52. The Bertz CT molecular complexity index is 611. The van der Waals surface area contributed by atoms with Crippen LogP contribution in [0.5, 0.6) is 5.88 Å². The molecule has 2 aromatic rings. The number of amides is 1.